The second-order valence-corrected chi connectivity index (χ2v) is 8.53. The van der Waals surface area contributed by atoms with E-state index in [-0.39, 0.29) is 28.2 Å². The van der Waals surface area contributed by atoms with Crippen molar-refractivity contribution < 1.29 is 13.9 Å². The molecule has 0 aromatic carbocycles. The van der Waals surface area contributed by atoms with E-state index in [9.17, 15) is 14.0 Å². The van der Waals surface area contributed by atoms with Crippen LogP contribution in [0.15, 0.2) is 17.1 Å². The summed E-state index contributed by atoms with van der Waals surface area (Å²) in [5.74, 6) is -0.0644. The molecule has 144 valence electrons. The Morgan fingerprint density at radius 2 is 2.33 bits per heavy atom. The summed E-state index contributed by atoms with van der Waals surface area (Å²) in [5.41, 5.74) is 0.503. The van der Waals surface area contributed by atoms with Gasteiger partial charge in [-0.1, -0.05) is 11.3 Å². The van der Waals surface area contributed by atoms with Gasteiger partial charge in [-0.3, -0.25) is 14.5 Å². The Morgan fingerprint density at radius 1 is 1.56 bits per heavy atom. The number of aromatic nitrogens is 2. The minimum Gasteiger partial charge on any atom is -0.484 e. The molecule has 1 amide bonds. The molecule has 1 fully saturated rings. The van der Waals surface area contributed by atoms with Gasteiger partial charge in [-0.2, -0.15) is 9.37 Å². The van der Waals surface area contributed by atoms with E-state index >= 15 is 0 Å². The third-order valence-corrected chi connectivity index (χ3v) is 6.10. The van der Waals surface area contributed by atoms with Crippen molar-refractivity contribution in [2.75, 3.05) is 11.9 Å². The predicted molar refractivity (Wildman–Crippen MR) is 99.6 cm³/mol. The number of nitrogens with zero attached hydrogens (tertiary/aromatic N) is 3. The summed E-state index contributed by atoms with van der Waals surface area (Å²) in [6.45, 7) is 4.52. The molecule has 7 nitrogen and oxygen atoms in total. The highest BCUT2D eigenvalue weighted by atomic mass is 32.1. The van der Waals surface area contributed by atoms with E-state index in [0.717, 1.165) is 29.1 Å². The highest BCUT2D eigenvalue weighted by molar-refractivity contribution is 7.15. The first-order chi connectivity index (χ1) is 12.7. The number of thiazole rings is 1. The molecule has 9 heteroatoms. The zero-order chi connectivity index (χ0) is 19.3. The molecule has 2 aromatic rings. The number of pyridine rings is 1. The Labute approximate surface area is 159 Å². The van der Waals surface area contributed by atoms with E-state index in [0.29, 0.717) is 24.4 Å². The fraction of sp³-hybridized carbons (Fsp3) is 0.500. The number of carbonyl (C=O) groups is 1. The van der Waals surface area contributed by atoms with Crippen molar-refractivity contribution in [1.29, 1.82) is 0 Å². The summed E-state index contributed by atoms with van der Waals surface area (Å²) in [7, 11) is 1.71. The van der Waals surface area contributed by atoms with E-state index in [1.54, 1.807) is 19.3 Å². The van der Waals surface area contributed by atoms with Gasteiger partial charge in [0.2, 0.25) is 11.9 Å². The molecule has 0 aliphatic carbocycles. The van der Waals surface area contributed by atoms with E-state index in [4.69, 9.17) is 4.74 Å². The van der Waals surface area contributed by atoms with Gasteiger partial charge in [-0.25, -0.2) is 0 Å². The number of aryl methyl sites for hydroxylation is 1. The highest BCUT2D eigenvalue weighted by Gasteiger charge is 2.48. The number of rotatable bonds is 3. The average Bonchev–Trinajstić information content (AvgIpc) is 3.16. The second kappa shape index (κ2) is 6.42. The normalized spacial score (nSPS) is 24.2. The van der Waals surface area contributed by atoms with Gasteiger partial charge in [0, 0.05) is 63.8 Å². The largest absolute Gasteiger partial charge is 0.484 e. The Bertz CT molecular complexity index is 972. The lowest BCUT2D eigenvalue weighted by atomic mass is 9.95. The van der Waals surface area contributed by atoms with Gasteiger partial charge in [-0.15, -0.1) is 0 Å². The molecular weight excluding hydrogens is 371 g/mol. The van der Waals surface area contributed by atoms with E-state index in [1.807, 2.05) is 0 Å². The molecular formula is C18H21FN4O3S. The number of hydrogen-bond donors (Lipinski definition) is 1. The lowest BCUT2D eigenvalue weighted by Gasteiger charge is -2.24. The van der Waals surface area contributed by atoms with Gasteiger partial charge in [0.1, 0.15) is 11.4 Å². The van der Waals surface area contributed by atoms with E-state index in [2.05, 4.69) is 22.1 Å². The average molecular weight is 392 g/mol. The van der Waals surface area contributed by atoms with Crippen LogP contribution in [0.25, 0.3) is 0 Å². The highest BCUT2D eigenvalue weighted by Crippen LogP contribution is 2.42. The smallest absolute Gasteiger partial charge is 0.250 e. The van der Waals surface area contributed by atoms with Crippen LogP contribution in [0.1, 0.15) is 30.7 Å². The SMILES string of the molecule is CC(=O)Nc1nc(F)c(CN2C[C@@]3(Cc4cc(=O)n(C)cc4O3)C[C@@H]2C)s1. The van der Waals surface area contributed by atoms with Gasteiger partial charge in [0.05, 0.1) is 4.88 Å². The van der Waals surface area contributed by atoms with Crippen molar-refractivity contribution in [3.05, 3.63) is 39.0 Å². The summed E-state index contributed by atoms with van der Waals surface area (Å²) >= 11 is 1.15. The van der Waals surface area contributed by atoms with Crippen LogP contribution in [0.2, 0.25) is 0 Å². The lowest BCUT2D eigenvalue weighted by Crippen LogP contribution is -2.37. The monoisotopic (exact) mass is 392 g/mol. The Kier molecular flexibility index (Phi) is 4.31. The van der Waals surface area contributed by atoms with Crippen molar-refractivity contribution in [2.45, 2.75) is 44.9 Å². The molecule has 0 bridgehead atoms. The molecule has 0 radical (unpaired) electrons. The minimum absolute atomic E-state index is 0.0467. The maximum absolute atomic E-state index is 14.2. The minimum atomic E-state index is -0.546. The van der Waals surface area contributed by atoms with Crippen LogP contribution >= 0.6 is 11.3 Å². The van der Waals surface area contributed by atoms with Crippen LogP contribution in [0.3, 0.4) is 0 Å². The zero-order valence-electron chi connectivity index (χ0n) is 15.4. The quantitative estimate of drug-likeness (QED) is 0.864. The molecule has 2 aliphatic rings. The Balaban J connectivity index is 1.50. The van der Waals surface area contributed by atoms with Crippen molar-refractivity contribution in [2.24, 2.45) is 7.05 Å². The molecule has 1 spiro atoms. The summed E-state index contributed by atoms with van der Waals surface area (Å²) in [6, 6.07) is 1.84. The number of anilines is 1. The summed E-state index contributed by atoms with van der Waals surface area (Å²) in [5, 5.41) is 2.80. The molecule has 1 N–H and O–H groups in total. The molecule has 2 aromatic heterocycles. The van der Waals surface area contributed by atoms with Crippen molar-refractivity contribution in [3.63, 3.8) is 0 Å². The van der Waals surface area contributed by atoms with E-state index < -0.39 is 5.95 Å². The lowest BCUT2D eigenvalue weighted by molar-refractivity contribution is -0.114. The van der Waals surface area contributed by atoms with Crippen LogP contribution in [-0.4, -0.2) is 38.5 Å². The van der Waals surface area contributed by atoms with Crippen molar-refractivity contribution >= 4 is 22.4 Å². The zero-order valence-corrected chi connectivity index (χ0v) is 16.2. The van der Waals surface area contributed by atoms with Crippen LogP contribution in [0.4, 0.5) is 9.52 Å². The number of fused-ring (bicyclic) bond motifs is 1. The number of amides is 1. The third-order valence-electron chi connectivity index (χ3n) is 5.17. The number of ether oxygens (including phenoxy) is 1. The summed E-state index contributed by atoms with van der Waals surface area (Å²) < 4.78 is 21.9. The van der Waals surface area contributed by atoms with Gasteiger partial charge in [-0.05, 0) is 6.92 Å². The third kappa shape index (κ3) is 3.37. The van der Waals surface area contributed by atoms with Gasteiger partial charge < -0.3 is 14.6 Å². The molecule has 0 unspecified atom stereocenters. The van der Waals surface area contributed by atoms with Gasteiger partial charge in [0.15, 0.2) is 5.13 Å². The number of halogens is 1. The number of hydrogen-bond acceptors (Lipinski definition) is 6. The fourth-order valence-electron chi connectivity index (χ4n) is 3.98. The van der Waals surface area contributed by atoms with Crippen LogP contribution in [-0.2, 0) is 24.8 Å². The van der Waals surface area contributed by atoms with Crippen LogP contribution in [0.5, 0.6) is 5.75 Å². The summed E-state index contributed by atoms with van der Waals surface area (Å²) in [4.78, 5) is 29.5. The number of likely N-dealkylation sites (tertiary alicyclic amines) is 1. The molecule has 0 saturated carbocycles. The van der Waals surface area contributed by atoms with Crippen LogP contribution in [0, 0.1) is 5.95 Å². The molecule has 2 atom stereocenters. The first kappa shape index (κ1) is 18.1. The molecule has 27 heavy (non-hydrogen) atoms. The Hall–Kier alpha value is -2.26. The van der Waals surface area contributed by atoms with Crippen LogP contribution < -0.4 is 15.6 Å². The second-order valence-electron chi connectivity index (χ2n) is 7.45. The van der Waals surface area contributed by atoms with Gasteiger partial charge >= 0.3 is 0 Å². The number of nitrogens with one attached hydrogen (secondary N) is 1. The first-order valence-corrected chi connectivity index (χ1v) is 9.62. The molecule has 4 heterocycles. The van der Waals surface area contributed by atoms with E-state index in [1.165, 1.54) is 11.5 Å². The topological polar surface area (TPSA) is 76.5 Å². The summed E-state index contributed by atoms with van der Waals surface area (Å²) in [6.07, 6.45) is 3.22. The standard InChI is InChI=1S/C18H21FN4O3S/c1-10-5-18(6-12-4-15(25)22(3)7-13(12)26-18)9-23(10)8-14-16(19)21-17(27-14)20-11(2)24/h4,7,10H,5-6,8-9H2,1-3H3,(H,20,21,24)/t10-,18-/m0/s1. The maximum Gasteiger partial charge on any atom is 0.250 e. The maximum atomic E-state index is 14.2. The first-order valence-electron chi connectivity index (χ1n) is 8.80. The fourth-order valence-corrected chi connectivity index (χ4v) is 4.90. The number of carbonyl (C=O) groups excluding carboxylic acids is 1. The van der Waals surface area contributed by atoms with Gasteiger partial charge in [0.25, 0.3) is 5.56 Å². The van der Waals surface area contributed by atoms with Crippen molar-refractivity contribution in [3.8, 4) is 5.75 Å². The van der Waals surface area contributed by atoms with Crippen molar-refractivity contribution in [1.82, 2.24) is 14.5 Å². The molecule has 2 aliphatic heterocycles. The Morgan fingerprint density at radius 3 is 3.07 bits per heavy atom. The predicted octanol–water partition coefficient (Wildman–Crippen LogP) is 1.91. The molecule has 4 rings (SSSR count). The molecule has 1 saturated heterocycles.